The van der Waals surface area contributed by atoms with E-state index in [1.165, 1.54) is 36.4 Å². The van der Waals surface area contributed by atoms with Crippen LogP contribution in [0.15, 0.2) is 57.9 Å². The number of carbonyl (C=O) groups is 1. The Kier molecular flexibility index (Phi) is 7.44. The summed E-state index contributed by atoms with van der Waals surface area (Å²) < 4.78 is 68.1. The predicted molar refractivity (Wildman–Crippen MR) is 101 cm³/mol. The number of ether oxygens (including phenoxy) is 1. The van der Waals surface area contributed by atoms with Crippen LogP contribution in [-0.2, 0) is 14.8 Å². The van der Waals surface area contributed by atoms with E-state index in [1.807, 2.05) is 0 Å². The molecule has 0 aliphatic heterocycles. The minimum absolute atomic E-state index is 0.0116. The Morgan fingerprint density at radius 3 is 2.21 bits per heavy atom. The molecule has 0 spiro atoms. The van der Waals surface area contributed by atoms with E-state index in [9.17, 15) is 26.4 Å². The Labute approximate surface area is 168 Å². The lowest BCUT2D eigenvalue weighted by Crippen LogP contribution is -2.27. The van der Waals surface area contributed by atoms with E-state index < -0.39 is 28.7 Å². The first kappa shape index (κ1) is 22.2. The average Bonchev–Trinajstić information content (AvgIpc) is 2.60. The van der Waals surface area contributed by atoms with Gasteiger partial charge in [-0.15, -0.1) is 0 Å². The number of nitrogens with one attached hydrogen (secondary N) is 2. The number of amides is 1. The second-order valence-corrected chi connectivity index (χ2v) is 8.26. The standard InChI is InChI=1S/C17H16BrF3N2O4S/c18-12-1-7-15(8-2-12)28(25,26)22-10-9-16(24)23-13-3-5-14(6-4-13)27-11-17(19,20)21/h1-8,22H,9-11H2,(H,23,24). The van der Waals surface area contributed by atoms with Gasteiger partial charge < -0.3 is 10.1 Å². The van der Waals surface area contributed by atoms with Gasteiger partial charge in [0.25, 0.3) is 0 Å². The number of sulfonamides is 1. The number of hydrogen-bond donors (Lipinski definition) is 2. The van der Waals surface area contributed by atoms with E-state index in [-0.39, 0.29) is 23.6 Å². The third-order valence-corrected chi connectivity index (χ3v) is 5.31. The highest BCUT2D eigenvalue weighted by atomic mass is 79.9. The first-order chi connectivity index (χ1) is 13.0. The quantitative estimate of drug-likeness (QED) is 0.603. The molecule has 0 atom stereocenters. The van der Waals surface area contributed by atoms with Gasteiger partial charge in [0.05, 0.1) is 4.90 Å². The summed E-state index contributed by atoms with van der Waals surface area (Å²) in [5.41, 5.74) is 0.347. The summed E-state index contributed by atoms with van der Waals surface area (Å²) in [7, 11) is -3.73. The van der Waals surface area contributed by atoms with Crippen LogP contribution in [0, 0.1) is 0 Å². The maximum absolute atomic E-state index is 12.1. The molecule has 6 nitrogen and oxygen atoms in total. The smallest absolute Gasteiger partial charge is 0.422 e. The fraction of sp³-hybridized carbons (Fsp3) is 0.235. The molecule has 0 aromatic heterocycles. The van der Waals surface area contributed by atoms with Crippen LogP contribution in [0.25, 0.3) is 0 Å². The number of halogens is 4. The Bertz CT molecular complexity index is 901. The molecule has 0 unspecified atom stereocenters. The summed E-state index contributed by atoms with van der Waals surface area (Å²) in [6, 6.07) is 11.4. The Morgan fingerprint density at radius 2 is 1.64 bits per heavy atom. The van der Waals surface area contributed by atoms with Crippen LogP contribution >= 0.6 is 15.9 Å². The summed E-state index contributed by atoms with van der Waals surface area (Å²) in [6.45, 7) is -1.52. The maximum atomic E-state index is 12.1. The first-order valence-corrected chi connectivity index (χ1v) is 10.2. The van der Waals surface area contributed by atoms with Gasteiger partial charge in [-0.05, 0) is 48.5 Å². The molecular formula is C17H16BrF3N2O4S. The van der Waals surface area contributed by atoms with Crippen molar-refractivity contribution in [3.8, 4) is 5.75 Å². The van der Waals surface area contributed by atoms with Crippen LogP contribution < -0.4 is 14.8 Å². The molecule has 2 N–H and O–H groups in total. The molecule has 0 radical (unpaired) electrons. The van der Waals surface area contributed by atoms with E-state index >= 15 is 0 Å². The van der Waals surface area contributed by atoms with E-state index in [2.05, 4.69) is 30.7 Å². The molecular weight excluding hydrogens is 465 g/mol. The fourth-order valence-electron chi connectivity index (χ4n) is 2.02. The molecule has 0 fully saturated rings. The molecule has 0 saturated heterocycles. The SMILES string of the molecule is O=C(CCNS(=O)(=O)c1ccc(Br)cc1)Nc1ccc(OCC(F)(F)F)cc1. The van der Waals surface area contributed by atoms with Crippen molar-refractivity contribution in [2.24, 2.45) is 0 Å². The van der Waals surface area contributed by atoms with Crippen LogP contribution in [0.4, 0.5) is 18.9 Å². The zero-order valence-electron chi connectivity index (χ0n) is 14.3. The van der Waals surface area contributed by atoms with Crippen molar-refractivity contribution in [3.63, 3.8) is 0 Å². The summed E-state index contributed by atoms with van der Waals surface area (Å²) in [5.74, 6) is -0.444. The summed E-state index contributed by atoms with van der Waals surface area (Å²) in [6.07, 6.45) is -4.56. The van der Waals surface area contributed by atoms with Crippen molar-refractivity contribution < 1.29 is 31.1 Å². The summed E-state index contributed by atoms with van der Waals surface area (Å²) in [4.78, 5) is 12.0. The topological polar surface area (TPSA) is 84.5 Å². The molecule has 2 aromatic rings. The Balaban J connectivity index is 1.80. The van der Waals surface area contributed by atoms with Gasteiger partial charge in [0.1, 0.15) is 5.75 Å². The van der Waals surface area contributed by atoms with Crippen molar-refractivity contribution in [2.45, 2.75) is 17.5 Å². The molecule has 1 amide bonds. The molecule has 2 rings (SSSR count). The summed E-state index contributed by atoms with van der Waals surface area (Å²) in [5, 5.41) is 2.52. The van der Waals surface area contributed by atoms with Crippen LogP contribution in [-0.4, -0.2) is 33.7 Å². The van der Waals surface area contributed by atoms with Crippen molar-refractivity contribution >= 4 is 37.5 Å². The molecule has 0 bridgehead atoms. The van der Waals surface area contributed by atoms with Crippen molar-refractivity contribution in [3.05, 3.63) is 53.0 Å². The van der Waals surface area contributed by atoms with E-state index in [0.717, 1.165) is 4.47 Å². The van der Waals surface area contributed by atoms with Crippen LogP contribution in [0.1, 0.15) is 6.42 Å². The van der Waals surface area contributed by atoms with Gasteiger partial charge >= 0.3 is 6.18 Å². The van der Waals surface area contributed by atoms with Crippen LogP contribution in [0.2, 0.25) is 0 Å². The lowest BCUT2D eigenvalue weighted by molar-refractivity contribution is -0.153. The molecule has 0 heterocycles. The van der Waals surface area contributed by atoms with E-state index in [4.69, 9.17) is 0 Å². The lowest BCUT2D eigenvalue weighted by atomic mass is 10.3. The number of benzene rings is 2. The van der Waals surface area contributed by atoms with E-state index in [1.54, 1.807) is 12.1 Å². The maximum Gasteiger partial charge on any atom is 0.422 e. The minimum Gasteiger partial charge on any atom is -0.484 e. The number of alkyl halides is 3. The third kappa shape index (κ3) is 7.49. The number of carbonyl (C=O) groups excluding carboxylic acids is 1. The van der Waals surface area contributed by atoms with Crippen molar-refractivity contribution in [2.75, 3.05) is 18.5 Å². The zero-order chi connectivity index (χ0) is 20.8. The minimum atomic E-state index is -4.43. The molecule has 152 valence electrons. The fourth-order valence-corrected chi connectivity index (χ4v) is 3.32. The third-order valence-electron chi connectivity index (χ3n) is 3.31. The van der Waals surface area contributed by atoms with Gasteiger partial charge in [0, 0.05) is 23.1 Å². The molecule has 0 saturated carbocycles. The van der Waals surface area contributed by atoms with Crippen LogP contribution in [0.5, 0.6) is 5.75 Å². The molecule has 0 aliphatic carbocycles. The predicted octanol–water partition coefficient (Wildman–Crippen LogP) is 3.70. The van der Waals surface area contributed by atoms with Gasteiger partial charge in [-0.2, -0.15) is 13.2 Å². The second-order valence-electron chi connectivity index (χ2n) is 5.58. The Hall–Kier alpha value is -2.11. The van der Waals surface area contributed by atoms with Gasteiger partial charge in [-0.25, -0.2) is 13.1 Å². The molecule has 0 aliphatic rings. The van der Waals surface area contributed by atoms with Gasteiger partial charge in [-0.3, -0.25) is 4.79 Å². The van der Waals surface area contributed by atoms with Gasteiger partial charge in [0.15, 0.2) is 6.61 Å². The number of anilines is 1. The normalized spacial score (nSPS) is 11.9. The molecule has 28 heavy (non-hydrogen) atoms. The number of hydrogen-bond acceptors (Lipinski definition) is 4. The highest BCUT2D eigenvalue weighted by molar-refractivity contribution is 9.10. The van der Waals surface area contributed by atoms with Gasteiger partial charge in [0.2, 0.25) is 15.9 Å². The lowest BCUT2D eigenvalue weighted by Gasteiger charge is -2.10. The van der Waals surface area contributed by atoms with Crippen molar-refractivity contribution in [1.82, 2.24) is 4.72 Å². The molecule has 2 aromatic carbocycles. The zero-order valence-corrected chi connectivity index (χ0v) is 16.7. The van der Waals surface area contributed by atoms with E-state index in [0.29, 0.717) is 5.69 Å². The number of rotatable bonds is 8. The summed E-state index contributed by atoms with van der Waals surface area (Å²) >= 11 is 3.21. The van der Waals surface area contributed by atoms with Gasteiger partial charge in [-0.1, -0.05) is 15.9 Å². The highest BCUT2D eigenvalue weighted by Crippen LogP contribution is 2.20. The molecule has 11 heteroatoms. The van der Waals surface area contributed by atoms with Crippen LogP contribution in [0.3, 0.4) is 0 Å². The highest BCUT2D eigenvalue weighted by Gasteiger charge is 2.28. The second kappa shape index (κ2) is 9.39. The van der Waals surface area contributed by atoms with Crippen molar-refractivity contribution in [1.29, 1.82) is 0 Å². The average molecular weight is 481 g/mol. The monoisotopic (exact) mass is 480 g/mol. The largest absolute Gasteiger partial charge is 0.484 e. The first-order valence-electron chi connectivity index (χ1n) is 7.90. The Morgan fingerprint density at radius 1 is 1.04 bits per heavy atom.